The van der Waals surface area contributed by atoms with Gasteiger partial charge in [0.15, 0.2) is 0 Å². The molecule has 0 atom stereocenters. The van der Waals surface area contributed by atoms with Crippen molar-refractivity contribution in [1.82, 2.24) is 9.97 Å². The smallest absolute Gasteiger partial charge is 0.0979 e. The molecule has 188 valence electrons. The Labute approximate surface area is 234 Å². The van der Waals surface area contributed by atoms with Crippen molar-refractivity contribution in [2.45, 2.75) is 0 Å². The molecule has 6 aromatic carbocycles. The predicted molar refractivity (Wildman–Crippen MR) is 167 cm³/mol. The summed E-state index contributed by atoms with van der Waals surface area (Å²) in [6, 6.07) is 54.7. The van der Waals surface area contributed by atoms with Crippen LogP contribution < -0.4 is 0 Å². The summed E-state index contributed by atoms with van der Waals surface area (Å²) in [7, 11) is 0. The molecule has 0 radical (unpaired) electrons. The zero-order valence-corrected chi connectivity index (χ0v) is 21.9. The second-order valence-electron chi connectivity index (χ2n) is 9.79. The van der Waals surface area contributed by atoms with E-state index in [1.165, 1.54) is 0 Å². The molecule has 0 bridgehead atoms. The maximum Gasteiger partial charge on any atom is 0.0979 e. The molecular formula is C38H26N2. The molecule has 7 aromatic rings. The van der Waals surface area contributed by atoms with E-state index in [2.05, 4.69) is 140 Å². The van der Waals surface area contributed by atoms with Crippen LogP contribution in [0.25, 0.3) is 66.9 Å². The topological polar surface area (TPSA) is 25.8 Å². The first-order valence-corrected chi connectivity index (χ1v) is 13.5. The van der Waals surface area contributed by atoms with E-state index in [1.807, 2.05) is 18.2 Å². The lowest BCUT2D eigenvalue weighted by molar-refractivity contribution is 1.29. The molecule has 40 heavy (non-hydrogen) atoms. The Bertz CT molecular complexity index is 1910. The van der Waals surface area contributed by atoms with Crippen LogP contribution in [0, 0.1) is 0 Å². The second-order valence-corrected chi connectivity index (χ2v) is 9.79. The van der Waals surface area contributed by atoms with Crippen LogP contribution in [0.15, 0.2) is 158 Å². The largest absolute Gasteiger partial charge is 0.243 e. The number of aromatic nitrogens is 2. The van der Waals surface area contributed by atoms with E-state index < -0.39 is 0 Å². The van der Waals surface area contributed by atoms with Crippen molar-refractivity contribution in [1.29, 1.82) is 0 Å². The summed E-state index contributed by atoms with van der Waals surface area (Å²) < 4.78 is 0. The van der Waals surface area contributed by atoms with Gasteiger partial charge in [-0.1, -0.05) is 158 Å². The van der Waals surface area contributed by atoms with Crippen molar-refractivity contribution < 1.29 is 0 Å². The monoisotopic (exact) mass is 510 g/mol. The quantitative estimate of drug-likeness (QED) is 0.230. The standard InChI is InChI=1S/C38H26N2/c1-5-15-27(16-6-1)31-23-13-14-24-34(31)38-35(30-21-11-4-12-22-30)39-36-32(28-17-7-2-8-18-28)25-26-33(37(36)40-38)29-19-9-3-10-20-29/h1-26H. The lowest BCUT2D eigenvalue weighted by Gasteiger charge is -2.17. The molecule has 0 amide bonds. The zero-order valence-electron chi connectivity index (χ0n) is 21.9. The summed E-state index contributed by atoms with van der Waals surface area (Å²) in [5, 5.41) is 0. The van der Waals surface area contributed by atoms with E-state index in [4.69, 9.17) is 9.97 Å². The number of hydrogen-bond acceptors (Lipinski definition) is 2. The highest BCUT2D eigenvalue weighted by Crippen LogP contribution is 2.41. The molecule has 2 heteroatoms. The van der Waals surface area contributed by atoms with Crippen molar-refractivity contribution in [3.63, 3.8) is 0 Å². The lowest BCUT2D eigenvalue weighted by Crippen LogP contribution is -2.00. The third-order valence-corrected chi connectivity index (χ3v) is 7.31. The van der Waals surface area contributed by atoms with Crippen LogP contribution in [0.1, 0.15) is 0 Å². The van der Waals surface area contributed by atoms with E-state index in [1.54, 1.807) is 0 Å². The minimum absolute atomic E-state index is 0.874. The fourth-order valence-corrected chi connectivity index (χ4v) is 5.38. The van der Waals surface area contributed by atoms with E-state index >= 15 is 0 Å². The fraction of sp³-hybridized carbons (Fsp3) is 0. The van der Waals surface area contributed by atoms with Gasteiger partial charge in [-0.2, -0.15) is 0 Å². The van der Waals surface area contributed by atoms with E-state index in [-0.39, 0.29) is 0 Å². The third kappa shape index (κ3) is 4.36. The van der Waals surface area contributed by atoms with Gasteiger partial charge in [0.1, 0.15) is 0 Å². The molecule has 0 aliphatic rings. The molecular weight excluding hydrogens is 484 g/mol. The van der Waals surface area contributed by atoms with E-state index in [0.717, 1.165) is 66.9 Å². The van der Waals surface area contributed by atoms with Crippen LogP contribution in [0.4, 0.5) is 0 Å². The van der Waals surface area contributed by atoms with Gasteiger partial charge in [0.2, 0.25) is 0 Å². The second kappa shape index (κ2) is 10.4. The van der Waals surface area contributed by atoms with Gasteiger partial charge in [-0.25, -0.2) is 9.97 Å². The molecule has 0 aliphatic carbocycles. The Kier molecular flexibility index (Phi) is 6.20. The third-order valence-electron chi connectivity index (χ3n) is 7.31. The first kappa shape index (κ1) is 23.8. The van der Waals surface area contributed by atoms with Crippen molar-refractivity contribution in [3.8, 4) is 55.9 Å². The van der Waals surface area contributed by atoms with Crippen molar-refractivity contribution in [2.24, 2.45) is 0 Å². The van der Waals surface area contributed by atoms with Gasteiger partial charge < -0.3 is 0 Å². The van der Waals surface area contributed by atoms with Crippen molar-refractivity contribution >= 4 is 11.0 Å². The Balaban J connectivity index is 1.60. The Morgan fingerprint density at radius 3 is 1.07 bits per heavy atom. The van der Waals surface area contributed by atoms with Crippen molar-refractivity contribution in [3.05, 3.63) is 158 Å². The highest BCUT2D eigenvalue weighted by molar-refractivity contribution is 6.03. The SMILES string of the molecule is c1ccc(-c2ccccc2-c2nc3c(-c4ccccc4)ccc(-c4ccccc4)c3nc2-c2ccccc2)cc1. The van der Waals surface area contributed by atoms with Crippen LogP contribution in [0.3, 0.4) is 0 Å². The molecule has 0 fully saturated rings. The lowest BCUT2D eigenvalue weighted by atomic mass is 9.93. The molecule has 7 rings (SSSR count). The molecule has 0 spiro atoms. The van der Waals surface area contributed by atoms with Crippen LogP contribution in [-0.4, -0.2) is 9.97 Å². The first-order chi connectivity index (χ1) is 19.9. The van der Waals surface area contributed by atoms with Crippen LogP contribution in [0.2, 0.25) is 0 Å². The average molecular weight is 511 g/mol. The Morgan fingerprint density at radius 1 is 0.250 bits per heavy atom. The zero-order chi connectivity index (χ0) is 26.7. The van der Waals surface area contributed by atoms with E-state index in [9.17, 15) is 0 Å². The Hall–Kier alpha value is -5.34. The van der Waals surface area contributed by atoms with Gasteiger partial charge in [-0.05, 0) is 22.3 Å². The van der Waals surface area contributed by atoms with E-state index in [0.29, 0.717) is 0 Å². The average Bonchev–Trinajstić information content (AvgIpc) is 3.05. The minimum atomic E-state index is 0.874. The maximum absolute atomic E-state index is 5.51. The summed E-state index contributed by atoms with van der Waals surface area (Å²) in [4.78, 5) is 11.0. The van der Waals surface area contributed by atoms with Gasteiger partial charge in [0.05, 0.1) is 22.4 Å². The van der Waals surface area contributed by atoms with Crippen LogP contribution in [-0.2, 0) is 0 Å². The molecule has 1 aromatic heterocycles. The number of benzene rings is 6. The summed E-state index contributed by atoms with van der Waals surface area (Å²) in [5.74, 6) is 0. The van der Waals surface area contributed by atoms with Crippen LogP contribution >= 0.6 is 0 Å². The first-order valence-electron chi connectivity index (χ1n) is 13.5. The number of rotatable bonds is 5. The summed E-state index contributed by atoms with van der Waals surface area (Å²) in [6.45, 7) is 0. The van der Waals surface area contributed by atoms with Gasteiger partial charge in [0.25, 0.3) is 0 Å². The van der Waals surface area contributed by atoms with Crippen LogP contribution in [0.5, 0.6) is 0 Å². The maximum atomic E-state index is 5.51. The van der Waals surface area contributed by atoms with Gasteiger partial charge in [0, 0.05) is 22.3 Å². The summed E-state index contributed by atoms with van der Waals surface area (Å²) >= 11 is 0. The molecule has 1 heterocycles. The number of hydrogen-bond donors (Lipinski definition) is 0. The minimum Gasteiger partial charge on any atom is -0.243 e. The highest BCUT2D eigenvalue weighted by Gasteiger charge is 2.20. The van der Waals surface area contributed by atoms with Gasteiger partial charge >= 0.3 is 0 Å². The highest BCUT2D eigenvalue weighted by atomic mass is 14.8. The summed E-state index contributed by atoms with van der Waals surface area (Å²) in [6.07, 6.45) is 0. The molecule has 2 nitrogen and oxygen atoms in total. The fourth-order valence-electron chi connectivity index (χ4n) is 5.38. The Morgan fingerprint density at radius 2 is 0.600 bits per heavy atom. The number of fused-ring (bicyclic) bond motifs is 1. The molecule has 0 saturated carbocycles. The van der Waals surface area contributed by atoms with Gasteiger partial charge in [-0.3, -0.25) is 0 Å². The molecule has 0 unspecified atom stereocenters. The summed E-state index contributed by atoms with van der Waals surface area (Å²) in [5.41, 5.74) is 12.3. The molecule has 0 saturated heterocycles. The van der Waals surface area contributed by atoms with Gasteiger partial charge in [-0.15, -0.1) is 0 Å². The molecule has 0 aliphatic heterocycles. The normalized spacial score (nSPS) is 11.0. The molecule has 0 N–H and O–H groups in total. The van der Waals surface area contributed by atoms with Crippen molar-refractivity contribution in [2.75, 3.05) is 0 Å². The predicted octanol–water partition coefficient (Wildman–Crippen LogP) is 9.96. The number of nitrogens with zero attached hydrogens (tertiary/aromatic N) is 2.